The SMILES string of the molecule is CCCCCCCCc1cc(N=NC(C)=Cc2cc(CCCCCC)c(C)c(-c3ccccc3)c2)ccc1CC. The van der Waals surface area contributed by atoms with Gasteiger partial charge in [-0.15, -0.1) is 0 Å². The first kappa shape index (κ1) is 31.5. The first-order chi connectivity index (χ1) is 19.5. The highest BCUT2D eigenvalue weighted by atomic mass is 15.1. The molecule has 0 atom stereocenters. The lowest BCUT2D eigenvalue weighted by Gasteiger charge is -2.14. The van der Waals surface area contributed by atoms with Crippen molar-refractivity contribution >= 4 is 11.8 Å². The molecule has 0 aliphatic rings. The zero-order valence-electron chi connectivity index (χ0n) is 25.9. The van der Waals surface area contributed by atoms with Crippen LogP contribution in [0.1, 0.15) is 120 Å². The third kappa shape index (κ3) is 10.2. The summed E-state index contributed by atoms with van der Waals surface area (Å²) in [5.74, 6) is 0. The van der Waals surface area contributed by atoms with Gasteiger partial charge in [0.25, 0.3) is 0 Å². The van der Waals surface area contributed by atoms with E-state index in [0.29, 0.717) is 0 Å². The number of nitrogens with zero attached hydrogens (tertiary/aromatic N) is 2. The average Bonchev–Trinajstić information content (AvgIpc) is 2.98. The van der Waals surface area contributed by atoms with Crippen LogP contribution in [0.2, 0.25) is 0 Å². The highest BCUT2D eigenvalue weighted by Crippen LogP contribution is 2.30. The van der Waals surface area contributed by atoms with Crippen LogP contribution in [0.3, 0.4) is 0 Å². The molecular formula is C38H52N2. The van der Waals surface area contributed by atoms with Crippen molar-refractivity contribution in [2.75, 3.05) is 0 Å². The summed E-state index contributed by atoms with van der Waals surface area (Å²) in [4.78, 5) is 0. The van der Waals surface area contributed by atoms with E-state index in [0.717, 1.165) is 30.6 Å². The van der Waals surface area contributed by atoms with Crippen LogP contribution in [0.15, 0.2) is 76.6 Å². The number of rotatable bonds is 17. The normalized spacial score (nSPS) is 12.0. The van der Waals surface area contributed by atoms with Crippen molar-refractivity contribution in [3.8, 4) is 11.1 Å². The van der Waals surface area contributed by atoms with E-state index in [1.54, 1.807) is 0 Å². The molecule has 0 saturated heterocycles. The molecule has 0 aromatic heterocycles. The summed E-state index contributed by atoms with van der Waals surface area (Å²) in [6, 6.07) is 22.1. The molecule has 3 aromatic carbocycles. The zero-order chi connectivity index (χ0) is 28.6. The average molecular weight is 537 g/mol. The highest BCUT2D eigenvalue weighted by Gasteiger charge is 2.09. The van der Waals surface area contributed by atoms with Crippen LogP contribution in [0.5, 0.6) is 0 Å². The Hall–Kier alpha value is -3.00. The fourth-order valence-corrected chi connectivity index (χ4v) is 5.56. The maximum absolute atomic E-state index is 4.65. The van der Waals surface area contributed by atoms with Gasteiger partial charge in [-0.25, -0.2) is 0 Å². The Morgan fingerprint density at radius 2 is 1.32 bits per heavy atom. The number of unbranched alkanes of at least 4 members (excludes halogenated alkanes) is 8. The Bertz CT molecular complexity index is 1220. The van der Waals surface area contributed by atoms with Gasteiger partial charge in [-0.2, -0.15) is 10.2 Å². The lowest BCUT2D eigenvalue weighted by molar-refractivity contribution is 0.606. The van der Waals surface area contributed by atoms with Gasteiger partial charge < -0.3 is 0 Å². The number of hydrogen-bond acceptors (Lipinski definition) is 2. The van der Waals surface area contributed by atoms with Gasteiger partial charge in [0.1, 0.15) is 0 Å². The van der Waals surface area contributed by atoms with Crippen LogP contribution in [0.25, 0.3) is 17.2 Å². The summed E-state index contributed by atoms with van der Waals surface area (Å²) in [5, 5.41) is 9.30. The van der Waals surface area contributed by atoms with Gasteiger partial charge >= 0.3 is 0 Å². The van der Waals surface area contributed by atoms with E-state index < -0.39 is 0 Å². The van der Waals surface area contributed by atoms with Crippen molar-refractivity contribution in [3.63, 3.8) is 0 Å². The monoisotopic (exact) mass is 536 g/mol. The Labute approximate surface area is 245 Å². The number of azo groups is 1. The van der Waals surface area contributed by atoms with Crippen LogP contribution in [-0.4, -0.2) is 0 Å². The van der Waals surface area contributed by atoms with Gasteiger partial charge in [-0.05, 0) is 109 Å². The van der Waals surface area contributed by atoms with Gasteiger partial charge in [-0.3, -0.25) is 0 Å². The van der Waals surface area contributed by atoms with Gasteiger partial charge in [0, 0.05) is 0 Å². The van der Waals surface area contributed by atoms with Gasteiger partial charge in [0.05, 0.1) is 11.4 Å². The predicted molar refractivity (Wildman–Crippen MR) is 176 cm³/mol. The Morgan fingerprint density at radius 1 is 0.675 bits per heavy atom. The maximum Gasteiger partial charge on any atom is 0.0859 e. The molecule has 40 heavy (non-hydrogen) atoms. The van der Waals surface area contributed by atoms with Crippen molar-refractivity contribution in [3.05, 3.63) is 94.2 Å². The van der Waals surface area contributed by atoms with Gasteiger partial charge in [-0.1, -0.05) is 115 Å². The molecule has 0 spiro atoms. The molecule has 0 aliphatic heterocycles. The number of allylic oxidation sites excluding steroid dienone is 1. The van der Waals surface area contributed by atoms with Gasteiger partial charge in [0.15, 0.2) is 0 Å². The Kier molecular flexibility index (Phi) is 13.9. The molecule has 3 aromatic rings. The minimum absolute atomic E-state index is 0.928. The van der Waals surface area contributed by atoms with Crippen LogP contribution in [0.4, 0.5) is 5.69 Å². The zero-order valence-corrected chi connectivity index (χ0v) is 25.9. The molecule has 0 unspecified atom stereocenters. The molecule has 0 N–H and O–H groups in total. The van der Waals surface area contributed by atoms with Crippen LogP contribution in [0, 0.1) is 6.92 Å². The Morgan fingerprint density at radius 3 is 2.02 bits per heavy atom. The van der Waals surface area contributed by atoms with Crippen molar-refractivity contribution in [2.24, 2.45) is 10.2 Å². The summed E-state index contributed by atoms with van der Waals surface area (Å²) in [7, 11) is 0. The van der Waals surface area contributed by atoms with Crippen molar-refractivity contribution < 1.29 is 0 Å². The standard InChI is InChI=1S/C38H52N2/c1-6-9-11-13-14-17-23-36-29-37(25-24-33(36)8-3)40-39-30(4)26-32-27-35(22-16-12-10-7-2)31(5)38(28-32)34-20-18-15-19-21-34/h15,18-21,24-29H,6-14,16-17,22-23H2,1-5H3. The molecule has 0 radical (unpaired) electrons. The smallest absolute Gasteiger partial charge is 0.0859 e. The van der Waals surface area contributed by atoms with Crippen LogP contribution < -0.4 is 0 Å². The summed E-state index contributed by atoms with van der Waals surface area (Å²) in [6.07, 6.45) is 18.6. The van der Waals surface area contributed by atoms with Crippen molar-refractivity contribution in [2.45, 2.75) is 118 Å². The number of benzene rings is 3. The second kappa shape index (κ2) is 17.6. The number of aryl methyl sites for hydroxylation is 3. The highest BCUT2D eigenvalue weighted by molar-refractivity contribution is 5.72. The first-order valence-electron chi connectivity index (χ1n) is 16.0. The fraction of sp³-hybridized carbons (Fsp3) is 0.474. The topological polar surface area (TPSA) is 24.7 Å². The Balaban J connectivity index is 1.78. The van der Waals surface area contributed by atoms with E-state index >= 15 is 0 Å². The molecule has 0 saturated carbocycles. The summed E-state index contributed by atoms with van der Waals surface area (Å²) in [5.41, 5.74) is 11.4. The lowest BCUT2D eigenvalue weighted by Crippen LogP contribution is -1.95. The molecule has 3 rings (SSSR count). The summed E-state index contributed by atoms with van der Waals surface area (Å²) in [6.45, 7) is 11.1. The third-order valence-electron chi connectivity index (χ3n) is 7.99. The van der Waals surface area contributed by atoms with Crippen molar-refractivity contribution in [1.29, 1.82) is 0 Å². The maximum atomic E-state index is 4.65. The van der Waals surface area contributed by atoms with Crippen molar-refractivity contribution in [1.82, 2.24) is 0 Å². The van der Waals surface area contributed by atoms with Gasteiger partial charge in [0.2, 0.25) is 0 Å². The minimum Gasteiger partial charge on any atom is -0.155 e. The van der Waals surface area contributed by atoms with E-state index in [1.165, 1.54) is 103 Å². The molecule has 0 heterocycles. The largest absolute Gasteiger partial charge is 0.155 e. The molecule has 0 bridgehead atoms. The van der Waals surface area contributed by atoms with E-state index in [9.17, 15) is 0 Å². The number of hydrogen-bond donors (Lipinski definition) is 0. The second-order valence-corrected chi connectivity index (χ2v) is 11.3. The molecule has 0 amide bonds. The van der Waals surface area contributed by atoms with E-state index in [1.807, 2.05) is 0 Å². The van der Waals surface area contributed by atoms with Crippen LogP contribution in [-0.2, 0) is 19.3 Å². The fourth-order valence-electron chi connectivity index (χ4n) is 5.56. The van der Waals surface area contributed by atoms with E-state index in [4.69, 9.17) is 0 Å². The minimum atomic E-state index is 0.928. The van der Waals surface area contributed by atoms with Crippen LogP contribution >= 0.6 is 0 Å². The lowest BCUT2D eigenvalue weighted by atomic mass is 9.91. The molecule has 214 valence electrons. The molecular weight excluding hydrogens is 484 g/mol. The third-order valence-corrected chi connectivity index (χ3v) is 7.99. The van der Waals surface area contributed by atoms with E-state index in [-0.39, 0.29) is 0 Å². The molecule has 2 nitrogen and oxygen atoms in total. The van der Waals surface area contributed by atoms with E-state index in [2.05, 4.69) is 112 Å². The molecule has 2 heteroatoms. The summed E-state index contributed by atoms with van der Waals surface area (Å²) < 4.78 is 0. The quantitative estimate of drug-likeness (QED) is 0.121. The molecule has 0 aliphatic carbocycles. The first-order valence-corrected chi connectivity index (χ1v) is 16.0. The molecule has 0 fully saturated rings. The predicted octanol–water partition coefficient (Wildman–Crippen LogP) is 12.4. The second-order valence-electron chi connectivity index (χ2n) is 11.3. The summed E-state index contributed by atoms with van der Waals surface area (Å²) >= 11 is 0.